The van der Waals surface area contributed by atoms with E-state index in [1.54, 1.807) is 25.2 Å². The summed E-state index contributed by atoms with van der Waals surface area (Å²) in [5.41, 5.74) is 8.36. The van der Waals surface area contributed by atoms with Crippen molar-refractivity contribution in [2.24, 2.45) is 0 Å². The molecule has 0 radical (unpaired) electrons. The number of carboxylic acids is 1. The van der Waals surface area contributed by atoms with Crippen molar-refractivity contribution in [3.63, 3.8) is 0 Å². The molecule has 0 saturated heterocycles. The Bertz CT molecular complexity index is 866. The average molecular weight is 400 g/mol. The van der Waals surface area contributed by atoms with Crippen molar-refractivity contribution in [1.29, 1.82) is 0 Å². The fourth-order valence-electron chi connectivity index (χ4n) is 2.95. The minimum atomic E-state index is -0.788. The van der Waals surface area contributed by atoms with Crippen LogP contribution in [0.4, 0.5) is 11.4 Å². The standard InChI is InChI=1S/C22H28N2O5/c1-15-11-12-17(19(14-15)29-13-6-4-5-10-20(25)26)24(2)22(27)16-8-7-9-18(28-3)21(16)23/h7-9,11-12,14H,4-6,10,13,23H2,1-3H3,(H,25,26). The van der Waals surface area contributed by atoms with E-state index in [1.807, 2.05) is 25.1 Å². The molecule has 0 atom stereocenters. The van der Waals surface area contributed by atoms with Gasteiger partial charge in [-0.1, -0.05) is 12.1 Å². The molecule has 2 aromatic carbocycles. The third-order valence-corrected chi connectivity index (χ3v) is 4.59. The molecule has 7 heteroatoms. The van der Waals surface area contributed by atoms with Crippen LogP contribution < -0.4 is 20.1 Å². The smallest absolute Gasteiger partial charge is 0.303 e. The minimum absolute atomic E-state index is 0.162. The number of nitrogen functional groups attached to an aromatic ring is 1. The summed E-state index contributed by atoms with van der Waals surface area (Å²) in [7, 11) is 3.18. The number of rotatable bonds is 10. The third-order valence-electron chi connectivity index (χ3n) is 4.59. The maximum Gasteiger partial charge on any atom is 0.303 e. The van der Waals surface area contributed by atoms with E-state index in [1.165, 1.54) is 12.0 Å². The normalized spacial score (nSPS) is 10.4. The van der Waals surface area contributed by atoms with Gasteiger partial charge in [0, 0.05) is 13.5 Å². The predicted octanol–water partition coefficient (Wildman–Crippen LogP) is 3.89. The number of carboxylic acid groups (broad SMARTS) is 1. The number of ether oxygens (including phenoxy) is 2. The molecule has 7 nitrogen and oxygen atoms in total. The van der Waals surface area contributed by atoms with Gasteiger partial charge < -0.3 is 25.2 Å². The van der Waals surface area contributed by atoms with Crippen LogP contribution in [0.2, 0.25) is 0 Å². The molecule has 0 bridgehead atoms. The molecule has 3 N–H and O–H groups in total. The van der Waals surface area contributed by atoms with Gasteiger partial charge in [-0.3, -0.25) is 9.59 Å². The number of nitrogens with two attached hydrogens (primary N) is 1. The van der Waals surface area contributed by atoms with Gasteiger partial charge in [0.25, 0.3) is 5.91 Å². The summed E-state index contributed by atoms with van der Waals surface area (Å²) in [6.07, 6.45) is 2.28. The SMILES string of the molecule is COc1cccc(C(=O)N(C)c2ccc(C)cc2OCCCCCC(=O)O)c1N. The fraction of sp³-hybridized carbons (Fsp3) is 0.364. The van der Waals surface area contributed by atoms with Crippen LogP contribution in [-0.2, 0) is 4.79 Å². The van der Waals surface area contributed by atoms with Crippen molar-refractivity contribution in [1.82, 2.24) is 0 Å². The number of para-hydroxylation sites is 1. The molecule has 0 unspecified atom stereocenters. The summed E-state index contributed by atoms with van der Waals surface area (Å²) >= 11 is 0. The molecular formula is C22H28N2O5. The Morgan fingerprint density at radius 3 is 2.55 bits per heavy atom. The Labute approximate surface area is 171 Å². The Kier molecular flexibility index (Phi) is 7.88. The van der Waals surface area contributed by atoms with Crippen molar-refractivity contribution >= 4 is 23.3 Å². The van der Waals surface area contributed by atoms with Gasteiger partial charge in [0.2, 0.25) is 0 Å². The zero-order valence-electron chi connectivity index (χ0n) is 17.1. The van der Waals surface area contributed by atoms with Crippen LogP contribution in [0.25, 0.3) is 0 Å². The van der Waals surface area contributed by atoms with Crippen molar-refractivity contribution in [3.8, 4) is 11.5 Å². The van der Waals surface area contributed by atoms with Crippen LogP contribution in [0, 0.1) is 6.92 Å². The Morgan fingerprint density at radius 1 is 1.10 bits per heavy atom. The number of unbranched alkanes of at least 4 members (excludes halogenated alkanes) is 2. The number of benzene rings is 2. The lowest BCUT2D eigenvalue weighted by molar-refractivity contribution is -0.137. The number of amides is 1. The molecule has 156 valence electrons. The van der Waals surface area contributed by atoms with Gasteiger partial charge in [-0.05, 0) is 56.0 Å². The first-order chi connectivity index (χ1) is 13.8. The summed E-state index contributed by atoms with van der Waals surface area (Å²) in [6, 6.07) is 10.7. The van der Waals surface area contributed by atoms with E-state index < -0.39 is 5.97 Å². The summed E-state index contributed by atoms with van der Waals surface area (Å²) < 4.78 is 11.1. The van der Waals surface area contributed by atoms with Crippen molar-refractivity contribution in [2.45, 2.75) is 32.6 Å². The molecule has 2 rings (SSSR count). The first-order valence-electron chi connectivity index (χ1n) is 9.51. The summed E-state index contributed by atoms with van der Waals surface area (Å²) in [4.78, 5) is 25.1. The van der Waals surface area contributed by atoms with E-state index in [0.29, 0.717) is 41.5 Å². The second kappa shape index (κ2) is 10.4. The number of aliphatic carboxylic acids is 1. The van der Waals surface area contributed by atoms with Gasteiger partial charge in [0.15, 0.2) is 0 Å². The number of hydrogen-bond acceptors (Lipinski definition) is 5. The summed E-state index contributed by atoms with van der Waals surface area (Å²) in [6.45, 7) is 2.39. The zero-order chi connectivity index (χ0) is 21.4. The highest BCUT2D eigenvalue weighted by atomic mass is 16.5. The van der Waals surface area contributed by atoms with E-state index in [-0.39, 0.29) is 12.3 Å². The topological polar surface area (TPSA) is 102 Å². The lowest BCUT2D eigenvalue weighted by Gasteiger charge is -2.22. The van der Waals surface area contributed by atoms with Crippen LogP contribution in [0.15, 0.2) is 36.4 Å². The largest absolute Gasteiger partial charge is 0.495 e. The number of aryl methyl sites for hydroxylation is 1. The molecule has 0 aliphatic rings. The van der Waals surface area contributed by atoms with E-state index >= 15 is 0 Å². The summed E-state index contributed by atoms with van der Waals surface area (Å²) in [5, 5.41) is 8.69. The molecule has 0 aliphatic heterocycles. The molecule has 0 saturated carbocycles. The number of anilines is 2. The molecule has 0 heterocycles. The Morgan fingerprint density at radius 2 is 1.86 bits per heavy atom. The van der Waals surface area contributed by atoms with E-state index in [9.17, 15) is 9.59 Å². The van der Waals surface area contributed by atoms with Crippen LogP contribution in [0.1, 0.15) is 41.6 Å². The second-order valence-electron chi connectivity index (χ2n) is 6.81. The van der Waals surface area contributed by atoms with Gasteiger partial charge in [-0.15, -0.1) is 0 Å². The first kappa shape index (κ1) is 22.1. The first-order valence-corrected chi connectivity index (χ1v) is 9.51. The molecule has 29 heavy (non-hydrogen) atoms. The zero-order valence-corrected chi connectivity index (χ0v) is 17.1. The minimum Gasteiger partial charge on any atom is -0.495 e. The fourth-order valence-corrected chi connectivity index (χ4v) is 2.95. The average Bonchev–Trinajstić information content (AvgIpc) is 2.69. The Balaban J connectivity index is 2.13. The lowest BCUT2D eigenvalue weighted by atomic mass is 10.1. The van der Waals surface area contributed by atoms with Crippen molar-refractivity contribution in [2.75, 3.05) is 31.4 Å². The van der Waals surface area contributed by atoms with Crippen LogP contribution in [0.5, 0.6) is 11.5 Å². The molecule has 0 fully saturated rings. The third kappa shape index (κ3) is 5.88. The van der Waals surface area contributed by atoms with Crippen LogP contribution in [0.3, 0.4) is 0 Å². The molecule has 2 aromatic rings. The van der Waals surface area contributed by atoms with Gasteiger partial charge in [0.1, 0.15) is 11.5 Å². The highest BCUT2D eigenvalue weighted by Gasteiger charge is 2.21. The number of methoxy groups -OCH3 is 1. The number of hydrogen-bond donors (Lipinski definition) is 2. The van der Waals surface area contributed by atoms with Gasteiger partial charge in [-0.25, -0.2) is 0 Å². The van der Waals surface area contributed by atoms with Gasteiger partial charge >= 0.3 is 5.97 Å². The molecule has 0 aliphatic carbocycles. The number of carbonyl (C=O) groups is 2. The quantitative estimate of drug-likeness (QED) is 0.463. The molecule has 0 aromatic heterocycles. The Hall–Kier alpha value is -3.22. The summed E-state index contributed by atoms with van der Waals surface area (Å²) in [5.74, 6) is -0.00746. The molecular weight excluding hydrogens is 372 g/mol. The lowest BCUT2D eigenvalue weighted by Crippen LogP contribution is -2.27. The molecule has 0 spiro atoms. The monoisotopic (exact) mass is 400 g/mol. The van der Waals surface area contributed by atoms with Gasteiger partial charge in [0.05, 0.1) is 30.7 Å². The van der Waals surface area contributed by atoms with E-state index in [2.05, 4.69) is 0 Å². The van der Waals surface area contributed by atoms with Crippen molar-refractivity contribution in [3.05, 3.63) is 47.5 Å². The van der Waals surface area contributed by atoms with E-state index in [0.717, 1.165) is 18.4 Å². The maximum atomic E-state index is 13.0. The van der Waals surface area contributed by atoms with Crippen LogP contribution in [-0.4, -0.2) is 37.7 Å². The van der Waals surface area contributed by atoms with Gasteiger partial charge in [-0.2, -0.15) is 0 Å². The highest BCUT2D eigenvalue weighted by Crippen LogP contribution is 2.32. The molecule has 1 amide bonds. The number of carbonyl (C=O) groups excluding carboxylic acids is 1. The van der Waals surface area contributed by atoms with E-state index in [4.69, 9.17) is 20.3 Å². The van der Waals surface area contributed by atoms with Crippen LogP contribution >= 0.6 is 0 Å². The second-order valence-corrected chi connectivity index (χ2v) is 6.81. The number of nitrogens with zero attached hydrogens (tertiary/aromatic N) is 1. The highest BCUT2D eigenvalue weighted by molar-refractivity contribution is 6.10. The van der Waals surface area contributed by atoms with Crippen molar-refractivity contribution < 1.29 is 24.2 Å². The predicted molar refractivity (Wildman–Crippen MR) is 113 cm³/mol. The maximum absolute atomic E-state index is 13.0.